The standard InChI is InChI=1S/C12H15BrN2O3/c1-18-10-4-2-3-9(10)15-11-8(12(16)17)5-7(13)6-14-11/h5-6,9-10H,2-4H2,1H3,(H,14,15)(H,16,17). The zero-order chi connectivity index (χ0) is 13.1. The van der Waals surface area contributed by atoms with Crippen molar-refractivity contribution in [3.05, 3.63) is 22.3 Å². The van der Waals surface area contributed by atoms with Gasteiger partial charge < -0.3 is 15.2 Å². The Kier molecular flexibility index (Phi) is 4.19. The van der Waals surface area contributed by atoms with Crippen LogP contribution >= 0.6 is 15.9 Å². The molecule has 1 aliphatic carbocycles. The van der Waals surface area contributed by atoms with Crippen molar-refractivity contribution in [2.75, 3.05) is 12.4 Å². The van der Waals surface area contributed by atoms with Gasteiger partial charge in [0.05, 0.1) is 12.1 Å². The van der Waals surface area contributed by atoms with Crippen LogP contribution in [0.25, 0.3) is 0 Å². The molecule has 1 fully saturated rings. The van der Waals surface area contributed by atoms with Crippen LogP contribution in [0, 0.1) is 0 Å². The third-order valence-electron chi connectivity index (χ3n) is 3.16. The number of hydrogen-bond donors (Lipinski definition) is 2. The first-order valence-electron chi connectivity index (χ1n) is 5.80. The predicted octanol–water partition coefficient (Wildman–Crippen LogP) is 2.52. The van der Waals surface area contributed by atoms with E-state index >= 15 is 0 Å². The number of aromatic carboxylic acids is 1. The highest BCUT2D eigenvalue weighted by Crippen LogP contribution is 2.26. The number of methoxy groups -OCH3 is 1. The van der Waals surface area contributed by atoms with Crippen LogP contribution in [0.5, 0.6) is 0 Å². The molecular weight excluding hydrogens is 300 g/mol. The monoisotopic (exact) mass is 314 g/mol. The van der Waals surface area contributed by atoms with Gasteiger partial charge in [0.1, 0.15) is 11.4 Å². The second-order valence-electron chi connectivity index (χ2n) is 4.31. The number of ether oxygens (including phenoxy) is 1. The maximum Gasteiger partial charge on any atom is 0.339 e. The Hall–Kier alpha value is -1.14. The van der Waals surface area contributed by atoms with Crippen molar-refractivity contribution in [1.82, 2.24) is 4.98 Å². The molecule has 0 aliphatic heterocycles. The molecule has 1 saturated carbocycles. The Morgan fingerprint density at radius 2 is 2.39 bits per heavy atom. The van der Waals surface area contributed by atoms with E-state index in [-0.39, 0.29) is 17.7 Å². The van der Waals surface area contributed by atoms with E-state index in [2.05, 4.69) is 26.2 Å². The molecule has 0 bridgehead atoms. The van der Waals surface area contributed by atoms with Crippen molar-refractivity contribution >= 4 is 27.7 Å². The summed E-state index contributed by atoms with van der Waals surface area (Å²) in [7, 11) is 1.68. The average Bonchev–Trinajstić information content (AvgIpc) is 2.78. The summed E-state index contributed by atoms with van der Waals surface area (Å²) >= 11 is 3.22. The quantitative estimate of drug-likeness (QED) is 0.893. The Balaban J connectivity index is 2.20. The number of carboxylic acids is 1. The lowest BCUT2D eigenvalue weighted by molar-refractivity contribution is 0.0696. The summed E-state index contributed by atoms with van der Waals surface area (Å²) in [6.07, 6.45) is 4.75. The highest BCUT2D eigenvalue weighted by Gasteiger charge is 2.28. The molecule has 2 N–H and O–H groups in total. The molecule has 0 amide bonds. The summed E-state index contributed by atoms with van der Waals surface area (Å²) < 4.78 is 6.03. The number of hydrogen-bond acceptors (Lipinski definition) is 4. The van der Waals surface area contributed by atoms with Gasteiger partial charge in [0.2, 0.25) is 0 Å². The van der Waals surface area contributed by atoms with E-state index in [9.17, 15) is 4.79 Å². The lowest BCUT2D eigenvalue weighted by atomic mass is 10.2. The number of nitrogens with one attached hydrogen (secondary N) is 1. The largest absolute Gasteiger partial charge is 0.478 e. The smallest absolute Gasteiger partial charge is 0.339 e. The highest BCUT2D eigenvalue weighted by molar-refractivity contribution is 9.10. The van der Waals surface area contributed by atoms with Gasteiger partial charge in [-0.1, -0.05) is 0 Å². The Morgan fingerprint density at radius 1 is 1.61 bits per heavy atom. The average molecular weight is 315 g/mol. The van der Waals surface area contributed by atoms with Crippen LogP contribution in [0.15, 0.2) is 16.7 Å². The predicted molar refractivity (Wildman–Crippen MR) is 71.0 cm³/mol. The molecule has 0 spiro atoms. The van der Waals surface area contributed by atoms with Crippen molar-refractivity contribution in [2.24, 2.45) is 0 Å². The molecule has 0 aromatic carbocycles. The van der Waals surface area contributed by atoms with Gasteiger partial charge in [-0.25, -0.2) is 9.78 Å². The van der Waals surface area contributed by atoms with Gasteiger partial charge in [-0.3, -0.25) is 0 Å². The number of carbonyl (C=O) groups is 1. The van der Waals surface area contributed by atoms with Gasteiger partial charge in [-0.05, 0) is 41.3 Å². The SMILES string of the molecule is COC1CCCC1Nc1ncc(Br)cc1C(=O)O. The van der Waals surface area contributed by atoms with Crippen molar-refractivity contribution in [1.29, 1.82) is 0 Å². The Morgan fingerprint density at radius 3 is 3.06 bits per heavy atom. The molecule has 1 aromatic heterocycles. The van der Waals surface area contributed by atoms with Crippen molar-refractivity contribution in [3.63, 3.8) is 0 Å². The first kappa shape index (κ1) is 13.3. The maximum absolute atomic E-state index is 11.2. The topological polar surface area (TPSA) is 71.5 Å². The molecule has 6 heteroatoms. The van der Waals surface area contributed by atoms with Crippen LogP contribution in [0.1, 0.15) is 29.6 Å². The van der Waals surface area contributed by atoms with Gasteiger partial charge in [-0.15, -0.1) is 0 Å². The molecule has 1 heterocycles. The van der Waals surface area contributed by atoms with Crippen LogP contribution in [-0.4, -0.2) is 35.3 Å². The molecule has 0 saturated heterocycles. The van der Waals surface area contributed by atoms with Crippen molar-refractivity contribution in [2.45, 2.75) is 31.4 Å². The fraction of sp³-hybridized carbons (Fsp3) is 0.500. The van der Waals surface area contributed by atoms with Crippen LogP contribution in [0.3, 0.4) is 0 Å². The number of pyridine rings is 1. The normalized spacial score (nSPS) is 23.0. The molecule has 2 atom stereocenters. The van der Waals surface area contributed by atoms with E-state index in [0.29, 0.717) is 10.3 Å². The maximum atomic E-state index is 11.2. The van der Waals surface area contributed by atoms with Gasteiger partial charge in [-0.2, -0.15) is 0 Å². The molecule has 1 aliphatic rings. The summed E-state index contributed by atoms with van der Waals surface area (Å²) in [4.78, 5) is 15.3. The minimum Gasteiger partial charge on any atom is -0.478 e. The zero-order valence-electron chi connectivity index (χ0n) is 10.0. The minimum absolute atomic E-state index is 0.122. The molecule has 2 rings (SSSR count). The van der Waals surface area contributed by atoms with E-state index in [1.165, 1.54) is 0 Å². The van der Waals surface area contributed by atoms with Gasteiger partial charge in [0.25, 0.3) is 0 Å². The third kappa shape index (κ3) is 2.81. The zero-order valence-corrected chi connectivity index (χ0v) is 11.6. The third-order valence-corrected chi connectivity index (χ3v) is 3.60. The van der Waals surface area contributed by atoms with Crippen LogP contribution in [-0.2, 0) is 4.74 Å². The van der Waals surface area contributed by atoms with Gasteiger partial charge in [0.15, 0.2) is 0 Å². The first-order chi connectivity index (χ1) is 8.61. The van der Waals surface area contributed by atoms with E-state index in [1.54, 1.807) is 19.4 Å². The fourth-order valence-electron chi connectivity index (χ4n) is 2.27. The lowest BCUT2D eigenvalue weighted by Gasteiger charge is -2.21. The van der Waals surface area contributed by atoms with Crippen molar-refractivity contribution in [3.8, 4) is 0 Å². The lowest BCUT2D eigenvalue weighted by Crippen LogP contribution is -2.30. The summed E-state index contributed by atoms with van der Waals surface area (Å²) in [6.45, 7) is 0. The number of rotatable bonds is 4. The second-order valence-corrected chi connectivity index (χ2v) is 5.23. The molecular formula is C12H15BrN2O3. The summed E-state index contributed by atoms with van der Waals surface area (Å²) in [5.74, 6) is -0.585. The number of carboxylic acid groups (broad SMARTS) is 1. The number of nitrogens with zero attached hydrogens (tertiary/aromatic N) is 1. The summed E-state index contributed by atoms with van der Waals surface area (Å²) in [5.41, 5.74) is 0.172. The van der Waals surface area contributed by atoms with E-state index in [0.717, 1.165) is 19.3 Å². The summed E-state index contributed by atoms with van der Waals surface area (Å²) in [5, 5.41) is 12.3. The Bertz CT molecular complexity index is 453. The van der Waals surface area contributed by atoms with Gasteiger partial charge in [0, 0.05) is 17.8 Å². The molecule has 0 radical (unpaired) electrons. The number of aromatic nitrogens is 1. The van der Waals surface area contributed by atoms with E-state index in [1.807, 2.05) is 0 Å². The number of halogens is 1. The van der Waals surface area contributed by atoms with Gasteiger partial charge >= 0.3 is 5.97 Å². The van der Waals surface area contributed by atoms with E-state index in [4.69, 9.17) is 9.84 Å². The molecule has 98 valence electrons. The van der Waals surface area contributed by atoms with Crippen LogP contribution in [0.2, 0.25) is 0 Å². The molecule has 5 nitrogen and oxygen atoms in total. The number of anilines is 1. The second kappa shape index (κ2) is 5.67. The first-order valence-corrected chi connectivity index (χ1v) is 6.59. The van der Waals surface area contributed by atoms with Crippen LogP contribution in [0.4, 0.5) is 5.82 Å². The highest BCUT2D eigenvalue weighted by atomic mass is 79.9. The summed E-state index contributed by atoms with van der Waals surface area (Å²) in [6, 6.07) is 1.68. The van der Waals surface area contributed by atoms with Crippen molar-refractivity contribution < 1.29 is 14.6 Å². The van der Waals surface area contributed by atoms with E-state index < -0.39 is 5.97 Å². The molecule has 18 heavy (non-hydrogen) atoms. The molecule has 1 aromatic rings. The minimum atomic E-state index is -0.988. The van der Waals surface area contributed by atoms with Crippen LogP contribution < -0.4 is 5.32 Å². The molecule has 2 unspecified atom stereocenters. The fourth-order valence-corrected chi connectivity index (χ4v) is 2.60. The Labute approximate surface area is 114 Å².